The Labute approximate surface area is 83.3 Å². The van der Waals surface area contributed by atoms with Crippen LogP contribution in [-0.2, 0) is 0 Å². The highest BCUT2D eigenvalue weighted by Gasteiger charge is 2.19. The van der Waals surface area contributed by atoms with E-state index in [0.29, 0.717) is 0 Å². The summed E-state index contributed by atoms with van der Waals surface area (Å²) in [5.74, 6) is 0. The van der Waals surface area contributed by atoms with Crippen molar-refractivity contribution < 1.29 is 0 Å². The van der Waals surface area contributed by atoms with Crippen LogP contribution >= 0.6 is 55.3 Å². The molecule has 2 N–H and O–H groups in total. The fourth-order valence-electron chi connectivity index (χ4n) is 0.687. The molecule has 1 aromatic heterocycles. The van der Waals surface area contributed by atoms with Gasteiger partial charge < -0.3 is 9.44 Å². The predicted molar refractivity (Wildman–Crippen MR) is 54.6 cm³/mol. The highest BCUT2D eigenvalue weighted by Crippen LogP contribution is 2.49. The summed E-state index contributed by atoms with van der Waals surface area (Å²) in [5, 5.41) is 0. The summed E-state index contributed by atoms with van der Waals surface area (Å²) in [4.78, 5) is 0. The van der Waals surface area contributed by atoms with Gasteiger partial charge in [-0.05, 0) is 31.9 Å². The lowest BCUT2D eigenvalue weighted by Crippen LogP contribution is -1.76. The molecule has 0 atom stereocenters. The summed E-state index contributed by atoms with van der Waals surface area (Å²) in [5.41, 5.74) is 2.28. The smallest absolute Gasteiger partial charge is 0.0973 e. The molecular weight excluding hydrogens is 300 g/mol. The van der Waals surface area contributed by atoms with Crippen LogP contribution in [0.3, 0.4) is 0 Å². The molecular formula is C4H2Br2N2S2. The summed E-state index contributed by atoms with van der Waals surface area (Å²) < 4.78 is 8.52. The van der Waals surface area contributed by atoms with E-state index in [0.717, 1.165) is 18.9 Å². The number of halogens is 2. The second-order valence-corrected chi connectivity index (χ2v) is 5.97. The molecule has 0 saturated carbocycles. The van der Waals surface area contributed by atoms with Crippen LogP contribution < -0.4 is 9.44 Å². The van der Waals surface area contributed by atoms with Crippen molar-refractivity contribution in [1.29, 1.82) is 0 Å². The molecule has 0 radical (unpaired) electrons. The lowest BCUT2D eigenvalue weighted by Gasteiger charge is -1.88. The van der Waals surface area contributed by atoms with Crippen molar-refractivity contribution in [2.45, 2.75) is 0 Å². The molecule has 1 aliphatic heterocycles. The van der Waals surface area contributed by atoms with E-state index >= 15 is 0 Å². The number of hydrogen-bond acceptors (Lipinski definition) is 4. The molecule has 0 fully saturated rings. The molecule has 0 saturated heterocycles. The molecule has 0 aromatic carbocycles. The fourth-order valence-corrected chi connectivity index (χ4v) is 4.63. The third-order valence-corrected chi connectivity index (χ3v) is 4.27. The Morgan fingerprint density at radius 3 is 2.00 bits per heavy atom. The Morgan fingerprint density at radius 1 is 1.00 bits per heavy atom. The molecule has 0 bridgehead atoms. The Hall–Kier alpha value is 0.610. The van der Waals surface area contributed by atoms with E-state index in [4.69, 9.17) is 0 Å². The van der Waals surface area contributed by atoms with E-state index in [-0.39, 0.29) is 0 Å². The van der Waals surface area contributed by atoms with Crippen LogP contribution in [0.15, 0.2) is 7.57 Å². The standard InChI is InChI=1S/C4H2Br2N2S2/c5-3-1-2(4(6)9-3)8-10-7-1/h7-8H. The number of rotatable bonds is 0. The van der Waals surface area contributed by atoms with Crippen LogP contribution in [0.5, 0.6) is 0 Å². The first kappa shape index (κ1) is 7.27. The Kier molecular flexibility index (Phi) is 1.88. The summed E-state index contributed by atoms with van der Waals surface area (Å²) in [6, 6.07) is 0. The van der Waals surface area contributed by atoms with E-state index in [1.807, 2.05) is 0 Å². The van der Waals surface area contributed by atoms with E-state index in [9.17, 15) is 0 Å². The largest absolute Gasteiger partial charge is 0.308 e. The molecule has 1 aliphatic rings. The van der Waals surface area contributed by atoms with Gasteiger partial charge in [-0.2, -0.15) is 0 Å². The number of nitrogens with one attached hydrogen (secondary N) is 2. The van der Waals surface area contributed by atoms with Crippen molar-refractivity contribution in [3.05, 3.63) is 7.57 Å². The first-order valence-corrected chi connectivity index (χ1v) is 5.66. The maximum Gasteiger partial charge on any atom is 0.0973 e. The van der Waals surface area contributed by atoms with Crippen molar-refractivity contribution in [2.75, 3.05) is 9.44 Å². The van der Waals surface area contributed by atoms with Gasteiger partial charge in [0.05, 0.1) is 31.1 Å². The van der Waals surface area contributed by atoms with Gasteiger partial charge in [0.1, 0.15) is 0 Å². The summed E-state index contributed by atoms with van der Waals surface area (Å²) in [6.07, 6.45) is 0. The van der Waals surface area contributed by atoms with Gasteiger partial charge in [-0.15, -0.1) is 11.3 Å². The highest BCUT2D eigenvalue weighted by atomic mass is 79.9. The first-order chi connectivity index (χ1) is 4.79. The van der Waals surface area contributed by atoms with Gasteiger partial charge in [0.15, 0.2) is 0 Å². The average Bonchev–Trinajstić information content (AvgIpc) is 2.39. The SMILES string of the molecule is Brc1sc(Br)c2c1NSN2. The van der Waals surface area contributed by atoms with Crippen LogP contribution in [0.25, 0.3) is 0 Å². The van der Waals surface area contributed by atoms with Crippen molar-refractivity contribution >= 4 is 66.7 Å². The summed E-state index contributed by atoms with van der Waals surface area (Å²) in [7, 11) is 0. The molecule has 0 unspecified atom stereocenters. The molecule has 10 heavy (non-hydrogen) atoms. The highest BCUT2D eigenvalue weighted by molar-refractivity contribution is 9.12. The van der Waals surface area contributed by atoms with Gasteiger partial charge in [0.25, 0.3) is 0 Å². The predicted octanol–water partition coefficient (Wildman–Crippen LogP) is 3.67. The third-order valence-electron chi connectivity index (χ3n) is 1.13. The third kappa shape index (κ3) is 0.975. The van der Waals surface area contributed by atoms with Crippen molar-refractivity contribution in [2.24, 2.45) is 0 Å². The molecule has 6 heteroatoms. The second-order valence-electron chi connectivity index (χ2n) is 1.71. The number of fused-ring (bicyclic) bond motifs is 1. The van der Waals surface area contributed by atoms with E-state index < -0.39 is 0 Å². The zero-order valence-corrected chi connectivity index (χ0v) is 9.38. The summed E-state index contributed by atoms with van der Waals surface area (Å²) >= 11 is 10.0. The van der Waals surface area contributed by atoms with Gasteiger partial charge >= 0.3 is 0 Å². The van der Waals surface area contributed by atoms with Gasteiger partial charge in [0.2, 0.25) is 0 Å². The quantitative estimate of drug-likeness (QED) is 0.715. The number of anilines is 2. The molecule has 54 valence electrons. The normalized spacial score (nSPS) is 14.2. The Morgan fingerprint density at radius 2 is 1.50 bits per heavy atom. The molecule has 0 amide bonds. The molecule has 2 heterocycles. The molecule has 0 spiro atoms. The van der Waals surface area contributed by atoms with Crippen molar-refractivity contribution in [3.8, 4) is 0 Å². The van der Waals surface area contributed by atoms with Crippen molar-refractivity contribution in [3.63, 3.8) is 0 Å². The van der Waals surface area contributed by atoms with Gasteiger partial charge in [-0.3, -0.25) is 0 Å². The summed E-state index contributed by atoms with van der Waals surface area (Å²) in [6.45, 7) is 0. The molecule has 2 nitrogen and oxygen atoms in total. The van der Waals surface area contributed by atoms with Gasteiger partial charge in [-0.25, -0.2) is 0 Å². The van der Waals surface area contributed by atoms with Gasteiger partial charge in [-0.1, -0.05) is 0 Å². The minimum atomic E-state index is 1.13. The van der Waals surface area contributed by atoms with E-state index in [1.54, 1.807) is 11.3 Å². The van der Waals surface area contributed by atoms with Crippen LogP contribution in [-0.4, -0.2) is 0 Å². The van der Waals surface area contributed by atoms with E-state index in [2.05, 4.69) is 41.3 Å². The zero-order valence-electron chi connectivity index (χ0n) is 4.57. The first-order valence-electron chi connectivity index (χ1n) is 2.44. The maximum absolute atomic E-state index is 3.44. The lowest BCUT2D eigenvalue weighted by molar-refractivity contribution is 1.84. The van der Waals surface area contributed by atoms with Crippen LogP contribution in [0.4, 0.5) is 11.4 Å². The van der Waals surface area contributed by atoms with E-state index in [1.165, 1.54) is 12.1 Å². The monoisotopic (exact) mass is 300 g/mol. The maximum atomic E-state index is 3.44. The molecule has 1 aromatic rings. The zero-order chi connectivity index (χ0) is 7.14. The van der Waals surface area contributed by atoms with Crippen molar-refractivity contribution in [1.82, 2.24) is 0 Å². The van der Waals surface area contributed by atoms with Crippen LogP contribution in [0.1, 0.15) is 0 Å². The Balaban J connectivity index is 2.61. The molecule has 2 rings (SSSR count). The van der Waals surface area contributed by atoms with Gasteiger partial charge in [0, 0.05) is 0 Å². The molecule has 0 aliphatic carbocycles. The topological polar surface area (TPSA) is 24.1 Å². The fraction of sp³-hybridized carbons (Fsp3) is 0. The second kappa shape index (κ2) is 2.58. The minimum Gasteiger partial charge on any atom is -0.308 e. The number of hydrogen-bond donors (Lipinski definition) is 2. The van der Waals surface area contributed by atoms with Crippen LogP contribution in [0, 0.1) is 0 Å². The average molecular weight is 302 g/mol. The van der Waals surface area contributed by atoms with Crippen LogP contribution in [0.2, 0.25) is 0 Å². The Bertz CT molecular complexity index is 248. The minimum absolute atomic E-state index is 1.13. The number of thiophene rings is 1. The lowest BCUT2D eigenvalue weighted by atomic mass is 10.5.